The average Bonchev–Trinajstić information content (AvgIpc) is 2.83. The molecule has 1 aliphatic heterocycles. The summed E-state index contributed by atoms with van der Waals surface area (Å²) in [4.78, 5) is 18.6. The smallest absolute Gasteiger partial charge is 0.268 e. The van der Waals surface area contributed by atoms with E-state index < -0.39 is 0 Å². The van der Waals surface area contributed by atoms with Crippen molar-refractivity contribution in [2.24, 2.45) is 0 Å². The Balaban J connectivity index is 1.79. The Bertz CT molecular complexity index is 755. The number of hydrogen-bond donors (Lipinski definition) is 0. The first kappa shape index (κ1) is 14.7. The summed E-state index contributed by atoms with van der Waals surface area (Å²) in [6.45, 7) is 0. The molecular formula is C17H12N2OS2. The van der Waals surface area contributed by atoms with Crippen molar-refractivity contribution in [2.75, 3.05) is 4.90 Å². The van der Waals surface area contributed by atoms with Crippen molar-refractivity contribution in [2.45, 2.75) is 0 Å². The maximum atomic E-state index is 12.4. The van der Waals surface area contributed by atoms with Gasteiger partial charge in [0.05, 0.1) is 16.8 Å². The van der Waals surface area contributed by atoms with Crippen molar-refractivity contribution in [3.8, 4) is 0 Å². The van der Waals surface area contributed by atoms with Crippen LogP contribution in [0, 0.1) is 0 Å². The molecule has 0 N–H and O–H groups in total. The molecule has 0 aliphatic carbocycles. The van der Waals surface area contributed by atoms with E-state index in [0.29, 0.717) is 14.9 Å². The van der Waals surface area contributed by atoms with Crippen molar-refractivity contribution in [1.29, 1.82) is 0 Å². The quantitative estimate of drug-likeness (QED) is 0.630. The lowest BCUT2D eigenvalue weighted by molar-refractivity contribution is -0.113. The molecule has 1 amide bonds. The lowest BCUT2D eigenvalue weighted by atomic mass is 10.2. The molecule has 0 unspecified atom stereocenters. The number of carbonyl (C=O) groups excluding carboxylic acids is 1. The first-order valence-corrected chi connectivity index (χ1v) is 7.88. The van der Waals surface area contributed by atoms with E-state index in [-0.39, 0.29) is 5.91 Å². The molecule has 1 aliphatic rings. The Morgan fingerprint density at radius 2 is 1.95 bits per heavy atom. The molecule has 0 radical (unpaired) electrons. The highest BCUT2D eigenvalue weighted by Crippen LogP contribution is 2.34. The summed E-state index contributed by atoms with van der Waals surface area (Å²) >= 11 is 6.60. The standard InChI is InChI=1S/C17H12N2OS2/c20-16-15(10-4-8-13-6-2-1-3-7-13)22-17(21)19(16)14-9-5-11-18-12-14/h1-12H. The van der Waals surface area contributed by atoms with Crippen LogP contribution in [0.5, 0.6) is 0 Å². The van der Waals surface area contributed by atoms with Gasteiger partial charge in [-0.1, -0.05) is 66.5 Å². The number of nitrogens with zero attached hydrogens (tertiary/aromatic N) is 2. The van der Waals surface area contributed by atoms with Crippen molar-refractivity contribution in [3.05, 3.63) is 77.5 Å². The zero-order valence-corrected chi connectivity index (χ0v) is 13.2. The van der Waals surface area contributed by atoms with Crippen molar-refractivity contribution in [3.63, 3.8) is 0 Å². The van der Waals surface area contributed by atoms with Crippen molar-refractivity contribution < 1.29 is 4.79 Å². The Morgan fingerprint density at radius 3 is 2.68 bits per heavy atom. The molecule has 108 valence electrons. The number of carbonyl (C=O) groups is 1. The van der Waals surface area contributed by atoms with E-state index in [4.69, 9.17) is 12.2 Å². The Kier molecular flexibility index (Phi) is 4.46. The van der Waals surface area contributed by atoms with E-state index in [1.54, 1.807) is 24.5 Å². The van der Waals surface area contributed by atoms with E-state index >= 15 is 0 Å². The molecule has 1 aromatic heterocycles. The lowest BCUT2D eigenvalue weighted by Gasteiger charge is -2.13. The van der Waals surface area contributed by atoms with Crippen LogP contribution in [0.3, 0.4) is 0 Å². The molecule has 1 aromatic carbocycles. The largest absolute Gasteiger partial charge is 0.270 e. The van der Waals surface area contributed by atoms with Crippen molar-refractivity contribution >= 4 is 46.0 Å². The number of rotatable bonds is 3. The third kappa shape index (κ3) is 3.16. The maximum absolute atomic E-state index is 12.4. The topological polar surface area (TPSA) is 33.2 Å². The van der Waals surface area contributed by atoms with Crippen LogP contribution in [-0.4, -0.2) is 15.2 Å². The van der Waals surface area contributed by atoms with E-state index in [1.165, 1.54) is 16.7 Å². The third-order valence-electron chi connectivity index (χ3n) is 3.03. The number of allylic oxidation sites excluding steroid dienone is 2. The molecule has 0 atom stereocenters. The summed E-state index contributed by atoms with van der Waals surface area (Å²) in [5.41, 5.74) is 1.78. The van der Waals surface area contributed by atoms with E-state index in [2.05, 4.69) is 4.98 Å². The summed E-state index contributed by atoms with van der Waals surface area (Å²) < 4.78 is 0.525. The van der Waals surface area contributed by atoms with Gasteiger partial charge >= 0.3 is 0 Å². The number of amides is 1. The number of anilines is 1. The van der Waals surface area contributed by atoms with Gasteiger partial charge < -0.3 is 0 Å². The van der Waals surface area contributed by atoms with Crippen LogP contribution in [0.2, 0.25) is 0 Å². The van der Waals surface area contributed by atoms with Gasteiger partial charge in [0.25, 0.3) is 5.91 Å². The molecule has 3 nitrogen and oxygen atoms in total. The van der Waals surface area contributed by atoms with E-state index in [1.807, 2.05) is 48.6 Å². The number of pyridine rings is 1. The van der Waals surface area contributed by atoms with E-state index in [9.17, 15) is 4.79 Å². The lowest BCUT2D eigenvalue weighted by Crippen LogP contribution is -2.27. The number of thioether (sulfide) groups is 1. The third-order valence-corrected chi connectivity index (χ3v) is 4.35. The van der Waals surface area contributed by atoms with Gasteiger partial charge in [0.15, 0.2) is 4.32 Å². The van der Waals surface area contributed by atoms with Crippen LogP contribution in [0.1, 0.15) is 5.56 Å². The second-order valence-corrected chi connectivity index (χ2v) is 6.20. The fraction of sp³-hybridized carbons (Fsp3) is 0. The summed E-state index contributed by atoms with van der Waals surface area (Å²) in [5.74, 6) is -0.110. The van der Waals surface area contributed by atoms with Gasteiger partial charge in [0, 0.05) is 6.20 Å². The second kappa shape index (κ2) is 6.68. The van der Waals surface area contributed by atoms with Gasteiger partial charge in [-0.3, -0.25) is 14.7 Å². The zero-order chi connectivity index (χ0) is 15.4. The normalized spacial score (nSPS) is 16.9. The monoisotopic (exact) mass is 324 g/mol. The molecule has 3 rings (SSSR count). The minimum absolute atomic E-state index is 0.110. The SMILES string of the molecule is O=C1C(=CC=Cc2ccccc2)SC(=S)N1c1cccnc1. The summed E-state index contributed by atoms with van der Waals surface area (Å²) in [6, 6.07) is 13.5. The van der Waals surface area contributed by atoms with Crippen molar-refractivity contribution in [1.82, 2.24) is 4.98 Å². The number of benzene rings is 1. The van der Waals surface area contributed by atoms with Crippen LogP contribution in [0.15, 0.2) is 71.9 Å². The minimum atomic E-state index is -0.110. The Morgan fingerprint density at radius 1 is 1.14 bits per heavy atom. The summed E-state index contributed by atoms with van der Waals surface area (Å²) in [7, 11) is 0. The number of thiocarbonyl (C=S) groups is 1. The predicted molar refractivity (Wildman–Crippen MR) is 95.5 cm³/mol. The van der Waals surface area contributed by atoms with E-state index in [0.717, 1.165) is 5.56 Å². The molecule has 5 heteroatoms. The molecule has 0 saturated carbocycles. The van der Waals surface area contributed by atoms with Gasteiger partial charge in [-0.2, -0.15) is 0 Å². The first-order valence-electron chi connectivity index (χ1n) is 6.65. The molecule has 0 bridgehead atoms. The van der Waals surface area contributed by atoms with Crippen LogP contribution in [0.4, 0.5) is 5.69 Å². The zero-order valence-electron chi connectivity index (χ0n) is 11.5. The fourth-order valence-corrected chi connectivity index (χ4v) is 3.25. The highest BCUT2D eigenvalue weighted by molar-refractivity contribution is 8.27. The highest BCUT2D eigenvalue weighted by Gasteiger charge is 2.32. The highest BCUT2D eigenvalue weighted by atomic mass is 32.2. The predicted octanol–water partition coefficient (Wildman–Crippen LogP) is 4.04. The molecule has 0 spiro atoms. The van der Waals surface area contributed by atoms with Gasteiger partial charge in [-0.15, -0.1) is 0 Å². The first-order chi connectivity index (χ1) is 10.8. The van der Waals surface area contributed by atoms with Crippen LogP contribution >= 0.6 is 24.0 Å². The van der Waals surface area contributed by atoms with Gasteiger partial charge in [0.1, 0.15) is 0 Å². The number of hydrogen-bond acceptors (Lipinski definition) is 4. The molecule has 2 aromatic rings. The Labute approximate surface area is 138 Å². The van der Waals surface area contributed by atoms with Gasteiger partial charge in [-0.25, -0.2) is 0 Å². The van der Waals surface area contributed by atoms with Crippen LogP contribution < -0.4 is 4.90 Å². The summed E-state index contributed by atoms with van der Waals surface area (Å²) in [5, 5.41) is 0. The van der Waals surface area contributed by atoms with Gasteiger partial charge in [-0.05, 0) is 23.8 Å². The fourth-order valence-electron chi connectivity index (χ4n) is 2.00. The van der Waals surface area contributed by atoms with Gasteiger partial charge in [0.2, 0.25) is 0 Å². The maximum Gasteiger partial charge on any atom is 0.270 e. The van der Waals surface area contributed by atoms with Crippen LogP contribution in [0.25, 0.3) is 6.08 Å². The molecule has 22 heavy (non-hydrogen) atoms. The molecule has 1 fully saturated rings. The van der Waals surface area contributed by atoms with Crippen LogP contribution in [-0.2, 0) is 4.79 Å². The minimum Gasteiger partial charge on any atom is -0.268 e. The number of aromatic nitrogens is 1. The Hall–Kier alpha value is -2.24. The molecule has 1 saturated heterocycles. The molecular weight excluding hydrogens is 312 g/mol. The summed E-state index contributed by atoms with van der Waals surface area (Å²) in [6.07, 6.45) is 8.91. The average molecular weight is 324 g/mol. The molecule has 2 heterocycles. The second-order valence-electron chi connectivity index (χ2n) is 4.52.